The van der Waals surface area contributed by atoms with E-state index in [1.807, 2.05) is 12.1 Å². The Labute approximate surface area is 157 Å². The first kappa shape index (κ1) is 21.8. The predicted octanol–water partition coefficient (Wildman–Crippen LogP) is 3.17. The van der Waals surface area contributed by atoms with Crippen LogP contribution in [0.25, 0.3) is 0 Å². The number of aliphatic imine (C=N–C) groups is 1. The van der Waals surface area contributed by atoms with Gasteiger partial charge in [-0.15, -0.1) is 24.0 Å². The molecule has 0 atom stereocenters. The number of nitrogens with one attached hydrogen (secondary N) is 2. The number of rotatable bonds is 7. The molecule has 1 aromatic rings. The van der Waals surface area contributed by atoms with E-state index in [0.29, 0.717) is 6.54 Å². The van der Waals surface area contributed by atoms with E-state index in [4.69, 9.17) is 9.47 Å². The normalized spacial score (nSPS) is 10.3. The smallest absolute Gasteiger partial charge is 0.191 e. The molecule has 0 amide bonds. The van der Waals surface area contributed by atoms with Gasteiger partial charge in [-0.2, -0.15) is 0 Å². The molecule has 132 valence electrons. The van der Waals surface area contributed by atoms with Gasteiger partial charge in [0.05, 0.1) is 20.8 Å². The average Bonchev–Trinajstić information content (AvgIpc) is 2.52. The van der Waals surface area contributed by atoms with Crippen molar-refractivity contribution in [1.29, 1.82) is 0 Å². The van der Waals surface area contributed by atoms with Gasteiger partial charge in [0.15, 0.2) is 17.5 Å². The molecule has 0 aliphatic rings. The molecule has 0 aliphatic heterocycles. The summed E-state index contributed by atoms with van der Waals surface area (Å²) in [6.07, 6.45) is 0. The highest BCUT2D eigenvalue weighted by Gasteiger charge is 2.22. The van der Waals surface area contributed by atoms with E-state index in [0.717, 1.165) is 30.5 Å². The van der Waals surface area contributed by atoms with E-state index in [-0.39, 0.29) is 29.4 Å². The summed E-state index contributed by atoms with van der Waals surface area (Å²) in [7, 11) is 3.30. The van der Waals surface area contributed by atoms with E-state index in [9.17, 15) is 0 Å². The van der Waals surface area contributed by atoms with Gasteiger partial charge in [0, 0.05) is 18.5 Å². The predicted molar refractivity (Wildman–Crippen MR) is 108 cm³/mol. The lowest BCUT2D eigenvalue weighted by Gasteiger charge is -2.25. The highest BCUT2D eigenvalue weighted by atomic mass is 127. The molecule has 1 rings (SSSR count). The van der Waals surface area contributed by atoms with Crippen LogP contribution in [0.2, 0.25) is 0 Å². The van der Waals surface area contributed by atoms with Crippen LogP contribution < -0.4 is 20.1 Å². The zero-order valence-corrected chi connectivity index (χ0v) is 17.4. The third-order valence-corrected chi connectivity index (χ3v) is 3.49. The Bertz CT molecular complexity index is 497. The Morgan fingerprint density at radius 1 is 1.04 bits per heavy atom. The summed E-state index contributed by atoms with van der Waals surface area (Å²) < 4.78 is 10.7. The first-order valence-electron chi connectivity index (χ1n) is 7.73. The first-order valence-corrected chi connectivity index (χ1v) is 7.73. The minimum absolute atomic E-state index is 0. The second-order valence-electron chi connectivity index (χ2n) is 5.68. The molecule has 2 N–H and O–H groups in total. The molecule has 0 aliphatic carbocycles. The number of hydrogen-bond acceptors (Lipinski definition) is 3. The van der Waals surface area contributed by atoms with Crippen molar-refractivity contribution < 1.29 is 9.47 Å². The second kappa shape index (κ2) is 10.6. The fraction of sp³-hybridized carbons (Fsp3) is 0.588. The third-order valence-electron chi connectivity index (χ3n) is 3.49. The first-order chi connectivity index (χ1) is 10.5. The molecule has 5 nitrogen and oxygen atoms in total. The Morgan fingerprint density at radius 3 is 2.09 bits per heavy atom. The van der Waals surface area contributed by atoms with Crippen LogP contribution in [-0.2, 0) is 5.41 Å². The largest absolute Gasteiger partial charge is 0.493 e. The van der Waals surface area contributed by atoms with Crippen LogP contribution in [-0.4, -0.2) is 39.8 Å². The number of nitrogens with zero attached hydrogens (tertiary/aromatic N) is 1. The molecule has 0 spiro atoms. The summed E-state index contributed by atoms with van der Waals surface area (Å²) in [4.78, 5) is 4.67. The van der Waals surface area contributed by atoms with E-state index < -0.39 is 0 Å². The molecule has 6 heteroatoms. The van der Waals surface area contributed by atoms with Gasteiger partial charge in [-0.05, 0) is 31.5 Å². The molecular formula is C17H30IN3O2. The zero-order valence-electron chi connectivity index (χ0n) is 15.0. The van der Waals surface area contributed by atoms with Crippen molar-refractivity contribution in [2.75, 3.05) is 33.9 Å². The van der Waals surface area contributed by atoms with Gasteiger partial charge in [-0.3, -0.25) is 4.99 Å². The maximum atomic E-state index is 5.39. The molecule has 0 fully saturated rings. The summed E-state index contributed by atoms with van der Waals surface area (Å²) >= 11 is 0. The fourth-order valence-electron chi connectivity index (χ4n) is 2.13. The number of ether oxygens (including phenoxy) is 2. The third kappa shape index (κ3) is 6.45. The molecule has 23 heavy (non-hydrogen) atoms. The van der Waals surface area contributed by atoms with Crippen LogP contribution in [0.15, 0.2) is 23.2 Å². The van der Waals surface area contributed by atoms with Crippen LogP contribution in [0.5, 0.6) is 11.5 Å². The lowest BCUT2D eigenvalue weighted by atomic mass is 9.84. The van der Waals surface area contributed by atoms with Crippen LogP contribution in [0.4, 0.5) is 0 Å². The van der Waals surface area contributed by atoms with Crippen molar-refractivity contribution in [3.63, 3.8) is 0 Å². The van der Waals surface area contributed by atoms with Gasteiger partial charge in [0.25, 0.3) is 0 Å². The molecule has 0 saturated carbocycles. The molecule has 1 aromatic carbocycles. The molecule has 0 unspecified atom stereocenters. The number of guanidine groups is 1. The van der Waals surface area contributed by atoms with E-state index in [1.54, 1.807) is 14.2 Å². The maximum absolute atomic E-state index is 5.39. The van der Waals surface area contributed by atoms with Gasteiger partial charge in [0.2, 0.25) is 0 Å². The van der Waals surface area contributed by atoms with Crippen LogP contribution in [0, 0.1) is 0 Å². The van der Waals surface area contributed by atoms with Crippen molar-refractivity contribution in [2.24, 2.45) is 4.99 Å². The van der Waals surface area contributed by atoms with E-state index in [2.05, 4.69) is 49.4 Å². The number of hydrogen-bond donors (Lipinski definition) is 2. The van der Waals surface area contributed by atoms with Gasteiger partial charge >= 0.3 is 0 Å². The van der Waals surface area contributed by atoms with Gasteiger partial charge in [0.1, 0.15) is 0 Å². The standard InChI is InChI=1S/C17H29N3O2.HI/c1-7-18-16(19-8-2)20-12-17(3,4)13-9-10-14(21-5)15(11-13)22-6;/h9-11H,7-8,12H2,1-6H3,(H2,18,19,20);1H. The molecule has 0 bridgehead atoms. The fourth-order valence-corrected chi connectivity index (χ4v) is 2.13. The quantitative estimate of drug-likeness (QED) is 0.393. The lowest BCUT2D eigenvalue weighted by Crippen LogP contribution is -2.38. The molecule has 0 aromatic heterocycles. The lowest BCUT2D eigenvalue weighted by molar-refractivity contribution is 0.353. The second-order valence-corrected chi connectivity index (χ2v) is 5.68. The van der Waals surface area contributed by atoms with Gasteiger partial charge in [-0.1, -0.05) is 19.9 Å². The topological polar surface area (TPSA) is 54.9 Å². The van der Waals surface area contributed by atoms with Gasteiger partial charge < -0.3 is 20.1 Å². The summed E-state index contributed by atoms with van der Waals surface area (Å²) in [5.41, 5.74) is 1.07. The number of benzene rings is 1. The molecule has 0 radical (unpaired) electrons. The minimum Gasteiger partial charge on any atom is -0.493 e. The van der Waals surface area contributed by atoms with Crippen LogP contribution >= 0.6 is 24.0 Å². The highest BCUT2D eigenvalue weighted by molar-refractivity contribution is 14.0. The van der Waals surface area contributed by atoms with Crippen molar-refractivity contribution in [2.45, 2.75) is 33.1 Å². The Morgan fingerprint density at radius 2 is 1.61 bits per heavy atom. The zero-order chi connectivity index (χ0) is 16.6. The van der Waals surface area contributed by atoms with Crippen molar-refractivity contribution in [3.05, 3.63) is 23.8 Å². The van der Waals surface area contributed by atoms with Gasteiger partial charge in [-0.25, -0.2) is 0 Å². The molecule has 0 heterocycles. The monoisotopic (exact) mass is 435 g/mol. The molecule has 0 saturated heterocycles. The van der Waals surface area contributed by atoms with E-state index in [1.165, 1.54) is 5.56 Å². The summed E-state index contributed by atoms with van der Waals surface area (Å²) in [5.74, 6) is 2.33. The Kier molecular flexibility index (Phi) is 10.0. The average molecular weight is 435 g/mol. The van der Waals surface area contributed by atoms with Crippen molar-refractivity contribution in [1.82, 2.24) is 10.6 Å². The SMILES string of the molecule is CCNC(=NCC(C)(C)c1ccc(OC)c(OC)c1)NCC.I. The van der Waals surface area contributed by atoms with Crippen LogP contribution in [0.3, 0.4) is 0 Å². The maximum Gasteiger partial charge on any atom is 0.191 e. The van der Waals surface area contributed by atoms with Crippen molar-refractivity contribution in [3.8, 4) is 11.5 Å². The van der Waals surface area contributed by atoms with Crippen molar-refractivity contribution >= 4 is 29.9 Å². The number of halogens is 1. The minimum atomic E-state index is -0.102. The summed E-state index contributed by atoms with van der Waals surface area (Å²) in [6, 6.07) is 6.03. The van der Waals surface area contributed by atoms with E-state index >= 15 is 0 Å². The van der Waals surface area contributed by atoms with Crippen LogP contribution in [0.1, 0.15) is 33.3 Å². The molecular weight excluding hydrogens is 405 g/mol. The Hall–Kier alpha value is -1.18. The highest BCUT2D eigenvalue weighted by Crippen LogP contribution is 2.33. The Balaban J connectivity index is 0.00000484. The summed E-state index contributed by atoms with van der Waals surface area (Å²) in [6.45, 7) is 10.8. The summed E-state index contributed by atoms with van der Waals surface area (Å²) in [5, 5.41) is 6.49. The number of methoxy groups -OCH3 is 2.